The van der Waals surface area contributed by atoms with E-state index in [1.54, 1.807) is 6.20 Å². The lowest BCUT2D eigenvalue weighted by atomic mass is 10.3. The Bertz CT molecular complexity index is 488. The highest BCUT2D eigenvalue weighted by atomic mass is 32.1. The predicted octanol–water partition coefficient (Wildman–Crippen LogP) is 0.992. The molecule has 1 aromatic heterocycles. The van der Waals surface area contributed by atoms with Crippen LogP contribution in [0.1, 0.15) is 19.0 Å². The predicted molar refractivity (Wildman–Crippen MR) is 92.1 cm³/mol. The molecular weight excluding hydrogens is 298 g/mol. The molecule has 0 aliphatic carbocycles. The second-order valence-corrected chi connectivity index (χ2v) is 5.50. The molecule has 1 aromatic rings. The number of morpholine rings is 1. The molecule has 0 radical (unpaired) electrons. The Morgan fingerprint density at radius 2 is 2.23 bits per heavy atom. The number of thiocarbonyl (C=S) groups is 1. The van der Waals surface area contributed by atoms with Crippen LogP contribution in [0.25, 0.3) is 0 Å². The van der Waals surface area contributed by atoms with Gasteiger partial charge in [-0.3, -0.25) is 15.3 Å². The molecule has 0 spiro atoms. The molecule has 120 valence electrons. The van der Waals surface area contributed by atoms with E-state index in [-0.39, 0.29) is 0 Å². The number of rotatable bonds is 6. The van der Waals surface area contributed by atoms with Gasteiger partial charge in [-0.1, -0.05) is 6.07 Å². The van der Waals surface area contributed by atoms with Crippen LogP contribution < -0.4 is 10.7 Å². The van der Waals surface area contributed by atoms with Crippen molar-refractivity contribution in [3.05, 3.63) is 30.1 Å². The molecule has 0 saturated carbocycles. The van der Waals surface area contributed by atoms with Crippen LogP contribution >= 0.6 is 12.2 Å². The number of nitrogens with zero attached hydrogens (tertiary/aromatic N) is 3. The standard InChI is InChI=1S/C15H23N5OS/c1-13(14-5-2-3-6-16-14)18-19-15(22)17-7-4-8-20-9-11-21-12-10-20/h2-3,5-6H,4,7-12H2,1H3,(H2,17,19,22). The minimum Gasteiger partial charge on any atom is -0.379 e. The second kappa shape index (κ2) is 9.45. The summed E-state index contributed by atoms with van der Waals surface area (Å²) in [4.78, 5) is 6.64. The molecular formula is C15H23N5OS. The maximum atomic E-state index is 5.33. The number of nitrogens with one attached hydrogen (secondary N) is 2. The number of ether oxygens (including phenoxy) is 1. The van der Waals surface area contributed by atoms with Crippen LogP contribution in [0.4, 0.5) is 0 Å². The summed E-state index contributed by atoms with van der Waals surface area (Å²) in [7, 11) is 0. The Labute approximate surface area is 136 Å². The average Bonchev–Trinajstić information content (AvgIpc) is 2.58. The summed E-state index contributed by atoms with van der Waals surface area (Å²) in [6.45, 7) is 7.53. The van der Waals surface area contributed by atoms with E-state index < -0.39 is 0 Å². The van der Waals surface area contributed by atoms with Gasteiger partial charge in [0.1, 0.15) is 0 Å². The van der Waals surface area contributed by atoms with E-state index in [1.165, 1.54) is 0 Å². The maximum absolute atomic E-state index is 5.33. The topological polar surface area (TPSA) is 61.8 Å². The third kappa shape index (κ3) is 6.05. The van der Waals surface area contributed by atoms with Crippen molar-refractivity contribution in [3.63, 3.8) is 0 Å². The summed E-state index contributed by atoms with van der Waals surface area (Å²) in [5, 5.41) is 7.94. The molecule has 0 bridgehead atoms. The van der Waals surface area contributed by atoms with Gasteiger partial charge in [0.2, 0.25) is 0 Å². The van der Waals surface area contributed by atoms with E-state index in [9.17, 15) is 0 Å². The lowest BCUT2D eigenvalue weighted by Gasteiger charge is -2.26. The fourth-order valence-electron chi connectivity index (χ4n) is 2.14. The smallest absolute Gasteiger partial charge is 0.186 e. The fraction of sp³-hybridized carbons (Fsp3) is 0.533. The molecule has 1 aliphatic rings. The van der Waals surface area contributed by atoms with Gasteiger partial charge in [0.15, 0.2) is 5.11 Å². The van der Waals surface area contributed by atoms with Crippen LogP contribution in [-0.4, -0.2) is 60.1 Å². The zero-order valence-corrected chi connectivity index (χ0v) is 13.7. The Kier molecular flexibility index (Phi) is 7.21. The SMILES string of the molecule is CC(=NNC(=S)NCCCN1CCOCC1)c1ccccn1. The summed E-state index contributed by atoms with van der Waals surface area (Å²) in [6.07, 6.45) is 2.79. The number of hydrogen-bond donors (Lipinski definition) is 2. The van der Waals surface area contributed by atoms with Crippen LogP contribution in [0.2, 0.25) is 0 Å². The van der Waals surface area contributed by atoms with Crippen molar-refractivity contribution in [2.45, 2.75) is 13.3 Å². The van der Waals surface area contributed by atoms with Crippen molar-refractivity contribution in [1.82, 2.24) is 20.6 Å². The highest BCUT2D eigenvalue weighted by molar-refractivity contribution is 7.80. The summed E-state index contributed by atoms with van der Waals surface area (Å²) in [5.41, 5.74) is 4.50. The molecule has 7 heteroatoms. The van der Waals surface area contributed by atoms with E-state index in [4.69, 9.17) is 17.0 Å². The summed E-state index contributed by atoms with van der Waals surface area (Å²) >= 11 is 5.21. The number of hydrogen-bond acceptors (Lipinski definition) is 5. The van der Waals surface area contributed by atoms with Gasteiger partial charge in [-0.25, -0.2) is 0 Å². The number of aromatic nitrogens is 1. The molecule has 6 nitrogen and oxygen atoms in total. The Hall–Kier alpha value is -1.57. The summed E-state index contributed by atoms with van der Waals surface area (Å²) in [6, 6.07) is 5.73. The van der Waals surface area contributed by atoms with Gasteiger partial charge in [-0.15, -0.1) is 0 Å². The van der Waals surface area contributed by atoms with Gasteiger partial charge in [-0.05, 0) is 44.2 Å². The molecule has 22 heavy (non-hydrogen) atoms. The van der Waals surface area contributed by atoms with E-state index in [2.05, 4.69) is 25.7 Å². The van der Waals surface area contributed by atoms with Crippen molar-refractivity contribution in [3.8, 4) is 0 Å². The van der Waals surface area contributed by atoms with E-state index in [0.29, 0.717) is 5.11 Å². The zero-order valence-electron chi connectivity index (χ0n) is 12.9. The summed E-state index contributed by atoms with van der Waals surface area (Å²) in [5.74, 6) is 0. The third-order valence-corrected chi connectivity index (χ3v) is 3.64. The van der Waals surface area contributed by atoms with Gasteiger partial charge < -0.3 is 10.1 Å². The molecule has 0 amide bonds. The van der Waals surface area contributed by atoms with E-state index >= 15 is 0 Å². The van der Waals surface area contributed by atoms with Crippen molar-refractivity contribution >= 4 is 23.0 Å². The normalized spacial score (nSPS) is 16.3. The van der Waals surface area contributed by atoms with Gasteiger partial charge in [-0.2, -0.15) is 5.10 Å². The van der Waals surface area contributed by atoms with Crippen molar-refractivity contribution in [1.29, 1.82) is 0 Å². The van der Waals surface area contributed by atoms with Crippen molar-refractivity contribution in [2.75, 3.05) is 39.4 Å². The minimum absolute atomic E-state index is 0.539. The average molecular weight is 321 g/mol. The molecule has 1 aliphatic heterocycles. The van der Waals surface area contributed by atoms with Crippen LogP contribution in [-0.2, 0) is 4.74 Å². The third-order valence-electron chi connectivity index (χ3n) is 3.40. The van der Waals surface area contributed by atoms with Gasteiger partial charge in [0.25, 0.3) is 0 Å². The summed E-state index contributed by atoms with van der Waals surface area (Å²) < 4.78 is 5.33. The zero-order chi connectivity index (χ0) is 15.6. The van der Waals surface area contributed by atoms with Crippen molar-refractivity contribution < 1.29 is 4.74 Å². The van der Waals surface area contributed by atoms with Crippen molar-refractivity contribution in [2.24, 2.45) is 5.10 Å². The molecule has 0 atom stereocenters. The number of pyridine rings is 1. The second-order valence-electron chi connectivity index (χ2n) is 5.09. The lowest BCUT2D eigenvalue weighted by Crippen LogP contribution is -2.39. The first-order valence-corrected chi connectivity index (χ1v) is 7.96. The number of hydrazone groups is 1. The first-order chi connectivity index (χ1) is 10.8. The first-order valence-electron chi connectivity index (χ1n) is 7.55. The highest BCUT2D eigenvalue weighted by Gasteiger charge is 2.09. The molecule has 2 N–H and O–H groups in total. The van der Waals surface area contributed by atoms with E-state index in [0.717, 1.165) is 57.2 Å². The Morgan fingerprint density at radius 1 is 1.41 bits per heavy atom. The van der Waals surface area contributed by atoms with Gasteiger partial charge in [0.05, 0.1) is 24.6 Å². The largest absolute Gasteiger partial charge is 0.379 e. The monoisotopic (exact) mass is 321 g/mol. The van der Waals surface area contributed by atoms with E-state index in [1.807, 2.05) is 25.1 Å². The van der Waals surface area contributed by atoms with Gasteiger partial charge >= 0.3 is 0 Å². The first kappa shape index (κ1) is 16.8. The molecule has 0 aromatic carbocycles. The Balaban J connectivity index is 1.61. The molecule has 2 heterocycles. The maximum Gasteiger partial charge on any atom is 0.186 e. The highest BCUT2D eigenvalue weighted by Crippen LogP contribution is 1.97. The van der Waals surface area contributed by atoms with Crippen LogP contribution in [0.3, 0.4) is 0 Å². The van der Waals surface area contributed by atoms with Crippen LogP contribution in [0.15, 0.2) is 29.5 Å². The molecule has 1 fully saturated rings. The van der Waals surface area contributed by atoms with Gasteiger partial charge in [0, 0.05) is 25.8 Å². The fourth-order valence-corrected chi connectivity index (χ4v) is 2.29. The Morgan fingerprint density at radius 3 is 2.95 bits per heavy atom. The molecule has 2 rings (SSSR count). The quantitative estimate of drug-likeness (QED) is 0.353. The lowest BCUT2D eigenvalue weighted by molar-refractivity contribution is 0.0376. The molecule has 0 unspecified atom stereocenters. The minimum atomic E-state index is 0.539. The molecule has 1 saturated heterocycles. The van der Waals surface area contributed by atoms with Crippen LogP contribution in [0, 0.1) is 0 Å². The van der Waals surface area contributed by atoms with Crippen LogP contribution in [0.5, 0.6) is 0 Å².